The molecule has 0 aromatic heterocycles. The van der Waals surface area contributed by atoms with Crippen molar-refractivity contribution in [3.63, 3.8) is 0 Å². The maximum absolute atomic E-state index is 11.9. The molecule has 0 radical (unpaired) electrons. The van der Waals surface area contributed by atoms with Gasteiger partial charge in [0.2, 0.25) is 5.91 Å². The number of likely N-dealkylation sites (tertiary alicyclic amines) is 1. The van der Waals surface area contributed by atoms with E-state index in [9.17, 15) is 9.90 Å². The molecule has 1 amide bonds. The number of β-amino-alcohol motifs (C(OH)–C–C–N with tert-alkyl or cyclic N) is 1. The molecule has 1 N–H and O–H groups in total. The van der Waals surface area contributed by atoms with Gasteiger partial charge in [0.25, 0.3) is 0 Å². The number of hydrogen-bond acceptors (Lipinski definition) is 2. The zero-order valence-corrected chi connectivity index (χ0v) is 13.4. The summed E-state index contributed by atoms with van der Waals surface area (Å²) in [5.41, 5.74) is 2.19. The first-order valence-corrected chi connectivity index (χ1v) is 8.04. The lowest BCUT2D eigenvalue weighted by molar-refractivity contribution is -0.129. The van der Waals surface area contributed by atoms with Gasteiger partial charge in [-0.2, -0.15) is 0 Å². The summed E-state index contributed by atoms with van der Waals surface area (Å²) in [6.45, 7) is 7.72. The van der Waals surface area contributed by atoms with E-state index in [0.29, 0.717) is 24.8 Å². The number of carbonyl (C=O) groups is 1. The van der Waals surface area contributed by atoms with Crippen LogP contribution in [-0.4, -0.2) is 29.0 Å². The number of benzene rings is 1. The van der Waals surface area contributed by atoms with Crippen LogP contribution < -0.4 is 0 Å². The van der Waals surface area contributed by atoms with Gasteiger partial charge in [0.05, 0.1) is 12.6 Å². The van der Waals surface area contributed by atoms with Crippen molar-refractivity contribution in [1.82, 2.24) is 4.90 Å². The normalized spacial score (nSPS) is 20.3. The minimum Gasteiger partial charge on any atom is -0.387 e. The lowest BCUT2D eigenvalue weighted by atomic mass is 10.00. The van der Waals surface area contributed by atoms with Crippen molar-refractivity contribution in [2.24, 2.45) is 11.8 Å². The van der Waals surface area contributed by atoms with Gasteiger partial charge in [0.15, 0.2) is 0 Å². The molecule has 2 atom stereocenters. The highest BCUT2D eigenvalue weighted by atomic mass is 16.3. The van der Waals surface area contributed by atoms with E-state index in [4.69, 9.17) is 0 Å². The fourth-order valence-corrected chi connectivity index (χ4v) is 2.97. The molecule has 116 valence electrons. The first-order valence-electron chi connectivity index (χ1n) is 8.04. The molecule has 2 rings (SSSR count). The summed E-state index contributed by atoms with van der Waals surface area (Å²) in [7, 11) is 0. The maximum Gasteiger partial charge on any atom is 0.223 e. The van der Waals surface area contributed by atoms with Crippen LogP contribution in [-0.2, 0) is 11.2 Å². The van der Waals surface area contributed by atoms with Crippen LogP contribution in [0.2, 0.25) is 0 Å². The van der Waals surface area contributed by atoms with Crippen LogP contribution in [0.3, 0.4) is 0 Å². The van der Waals surface area contributed by atoms with Crippen LogP contribution in [0.25, 0.3) is 0 Å². The number of hydrogen-bond donors (Lipinski definition) is 1. The Kier molecular flexibility index (Phi) is 5.40. The van der Waals surface area contributed by atoms with E-state index < -0.39 is 6.10 Å². The molecular weight excluding hydrogens is 262 g/mol. The van der Waals surface area contributed by atoms with E-state index in [2.05, 4.69) is 32.9 Å². The monoisotopic (exact) mass is 289 g/mol. The highest BCUT2D eigenvalue weighted by Gasteiger charge is 2.29. The second kappa shape index (κ2) is 7.08. The SMILES string of the molecule is CCC1CC(=O)N(CC(O)c2ccc(CC(C)C)cc2)C1. The highest BCUT2D eigenvalue weighted by molar-refractivity contribution is 5.78. The second-order valence-corrected chi connectivity index (χ2v) is 6.63. The zero-order chi connectivity index (χ0) is 15.4. The molecule has 1 aromatic rings. The van der Waals surface area contributed by atoms with E-state index in [0.717, 1.165) is 24.9 Å². The van der Waals surface area contributed by atoms with E-state index in [1.165, 1.54) is 5.56 Å². The lowest BCUT2D eigenvalue weighted by Crippen LogP contribution is -2.30. The Morgan fingerprint density at radius 3 is 2.48 bits per heavy atom. The van der Waals surface area contributed by atoms with Crippen molar-refractivity contribution in [3.05, 3.63) is 35.4 Å². The quantitative estimate of drug-likeness (QED) is 0.874. The molecular formula is C18H27NO2. The molecule has 1 aliphatic rings. The van der Waals surface area contributed by atoms with Crippen LogP contribution in [0.4, 0.5) is 0 Å². The van der Waals surface area contributed by atoms with Crippen LogP contribution in [0, 0.1) is 11.8 Å². The van der Waals surface area contributed by atoms with Gasteiger partial charge in [-0.05, 0) is 29.4 Å². The highest BCUT2D eigenvalue weighted by Crippen LogP contribution is 2.24. The maximum atomic E-state index is 11.9. The molecule has 2 unspecified atom stereocenters. The molecule has 1 saturated heterocycles. The molecule has 0 saturated carbocycles. The third kappa shape index (κ3) is 4.31. The lowest BCUT2D eigenvalue weighted by Gasteiger charge is -2.21. The minimum absolute atomic E-state index is 0.178. The first kappa shape index (κ1) is 16.0. The van der Waals surface area contributed by atoms with Gasteiger partial charge < -0.3 is 10.0 Å². The molecule has 0 aliphatic carbocycles. The summed E-state index contributed by atoms with van der Waals surface area (Å²) in [6.07, 6.45) is 2.13. The average Bonchev–Trinajstić information content (AvgIpc) is 2.79. The minimum atomic E-state index is -0.586. The van der Waals surface area contributed by atoms with Gasteiger partial charge in [0, 0.05) is 13.0 Å². The number of amides is 1. The summed E-state index contributed by atoms with van der Waals surface area (Å²) >= 11 is 0. The van der Waals surface area contributed by atoms with Crippen molar-refractivity contribution in [1.29, 1.82) is 0 Å². The summed E-state index contributed by atoms with van der Waals surface area (Å²) in [5.74, 6) is 1.27. The fraction of sp³-hybridized carbons (Fsp3) is 0.611. The Morgan fingerprint density at radius 2 is 1.95 bits per heavy atom. The van der Waals surface area contributed by atoms with Crippen LogP contribution in [0.1, 0.15) is 50.8 Å². The number of rotatable bonds is 6. The Balaban J connectivity index is 1.94. The van der Waals surface area contributed by atoms with Crippen molar-refractivity contribution < 1.29 is 9.90 Å². The van der Waals surface area contributed by atoms with Gasteiger partial charge in [0.1, 0.15) is 0 Å². The van der Waals surface area contributed by atoms with Gasteiger partial charge >= 0.3 is 0 Å². The Hall–Kier alpha value is -1.35. The molecule has 3 heteroatoms. The third-order valence-corrected chi connectivity index (χ3v) is 4.27. The van der Waals surface area contributed by atoms with Crippen LogP contribution in [0.5, 0.6) is 0 Å². The zero-order valence-electron chi connectivity index (χ0n) is 13.4. The molecule has 1 heterocycles. The van der Waals surface area contributed by atoms with Gasteiger partial charge in [-0.3, -0.25) is 4.79 Å². The topological polar surface area (TPSA) is 40.5 Å². The van der Waals surface area contributed by atoms with Gasteiger partial charge in [-0.15, -0.1) is 0 Å². The standard InChI is InChI=1S/C18H27NO2/c1-4-14-10-18(21)19(11-14)12-17(20)16-7-5-15(6-8-16)9-13(2)3/h5-8,13-14,17,20H,4,9-12H2,1-3H3. The predicted molar refractivity (Wildman–Crippen MR) is 84.9 cm³/mol. The predicted octanol–water partition coefficient (Wildman–Crippen LogP) is 3.18. The number of aliphatic hydroxyl groups is 1. The van der Waals surface area contributed by atoms with E-state index in [1.807, 2.05) is 12.1 Å². The van der Waals surface area contributed by atoms with Crippen LogP contribution >= 0.6 is 0 Å². The molecule has 1 aliphatic heterocycles. The Bertz CT molecular complexity index is 467. The Morgan fingerprint density at radius 1 is 1.29 bits per heavy atom. The molecule has 0 spiro atoms. The molecule has 21 heavy (non-hydrogen) atoms. The number of carbonyl (C=O) groups excluding carboxylic acids is 1. The molecule has 3 nitrogen and oxygen atoms in total. The number of aliphatic hydroxyl groups excluding tert-OH is 1. The van der Waals surface area contributed by atoms with Gasteiger partial charge in [-0.25, -0.2) is 0 Å². The molecule has 0 bridgehead atoms. The summed E-state index contributed by atoms with van der Waals surface area (Å²) < 4.78 is 0. The average molecular weight is 289 g/mol. The van der Waals surface area contributed by atoms with Crippen molar-refractivity contribution in [2.75, 3.05) is 13.1 Å². The number of nitrogens with zero attached hydrogens (tertiary/aromatic N) is 1. The van der Waals surface area contributed by atoms with E-state index in [1.54, 1.807) is 4.90 Å². The van der Waals surface area contributed by atoms with Crippen molar-refractivity contribution in [2.45, 2.75) is 46.1 Å². The summed E-state index contributed by atoms with van der Waals surface area (Å²) in [5, 5.41) is 10.3. The van der Waals surface area contributed by atoms with E-state index >= 15 is 0 Å². The molecule has 1 aromatic carbocycles. The summed E-state index contributed by atoms with van der Waals surface area (Å²) in [4.78, 5) is 13.7. The van der Waals surface area contributed by atoms with E-state index in [-0.39, 0.29) is 5.91 Å². The van der Waals surface area contributed by atoms with Gasteiger partial charge in [-0.1, -0.05) is 51.5 Å². The first-order chi connectivity index (χ1) is 9.99. The van der Waals surface area contributed by atoms with Crippen LogP contribution in [0.15, 0.2) is 24.3 Å². The third-order valence-electron chi connectivity index (χ3n) is 4.27. The fourth-order valence-electron chi connectivity index (χ4n) is 2.97. The van der Waals surface area contributed by atoms with Crippen molar-refractivity contribution >= 4 is 5.91 Å². The largest absolute Gasteiger partial charge is 0.387 e. The second-order valence-electron chi connectivity index (χ2n) is 6.63. The molecule has 1 fully saturated rings. The Labute approximate surface area is 128 Å². The smallest absolute Gasteiger partial charge is 0.223 e. The van der Waals surface area contributed by atoms with Crippen molar-refractivity contribution in [3.8, 4) is 0 Å². The summed E-state index contributed by atoms with van der Waals surface area (Å²) in [6, 6.07) is 8.14.